The van der Waals surface area contributed by atoms with E-state index in [2.05, 4.69) is 0 Å². The van der Waals surface area contributed by atoms with E-state index in [4.69, 9.17) is 14.9 Å². The molecule has 5 nitrogen and oxygen atoms in total. The summed E-state index contributed by atoms with van der Waals surface area (Å²) < 4.78 is 10.7. The highest BCUT2D eigenvalue weighted by molar-refractivity contribution is 5.76. The molecular formula is C16H20N2O3. The molecule has 0 saturated heterocycles. The second-order valence-corrected chi connectivity index (χ2v) is 4.92. The zero-order valence-electron chi connectivity index (χ0n) is 12.3. The largest absolute Gasteiger partial charge is 0.493 e. The summed E-state index contributed by atoms with van der Waals surface area (Å²) in [5, 5.41) is 0. The molecule has 1 aromatic carbocycles. The number of nitrogens with zero attached hydrogens (tertiary/aromatic N) is 1. The first-order chi connectivity index (χ1) is 10.1. The third kappa shape index (κ3) is 4.27. The first kappa shape index (κ1) is 15.0. The number of amides is 1. The average Bonchev–Trinajstić information content (AvgIpc) is 2.84. The van der Waals surface area contributed by atoms with Gasteiger partial charge in [0.1, 0.15) is 11.5 Å². The zero-order valence-corrected chi connectivity index (χ0v) is 12.3. The van der Waals surface area contributed by atoms with Crippen molar-refractivity contribution in [2.45, 2.75) is 19.9 Å². The van der Waals surface area contributed by atoms with Gasteiger partial charge in [-0.1, -0.05) is 6.07 Å². The number of hydrogen-bond acceptors (Lipinski definition) is 4. The SMILES string of the molecule is Cc1occc1CN(C)C(=O)CCOc1cccc(N)c1. The molecule has 0 aliphatic heterocycles. The minimum atomic E-state index is 0.0273. The van der Waals surface area contributed by atoms with Crippen LogP contribution in [0.5, 0.6) is 5.75 Å². The number of hydrogen-bond donors (Lipinski definition) is 1. The van der Waals surface area contributed by atoms with Crippen molar-refractivity contribution in [3.05, 3.63) is 47.9 Å². The summed E-state index contributed by atoms with van der Waals surface area (Å²) in [6.45, 7) is 2.76. The van der Waals surface area contributed by atoms with Crippen LogP contribution in [0.2, 0.25) is 0 Å². The molecule has 2 aromatic rings. The van der Waals surface area contributed by atoms with Gasteiger partial charge in [0.25, 0.3) is 0 Å². The lowest BCUT2D eigenvalue weighted by molar-refractivity contribution is -0.130. The molecule has 0 spiro atoms. The topological polar surface area (TPSA) is 68.7 Å². The van der Waals surface area contributed by atoms with Crippen LogP contribution in [0.1, 0.15) is 17.7 Å². The molecule has 0 unspecified atom stereocenters. The molecule has 0 saturated carbocycles. The number of carbonyl (C=O) groups is 1. The van der Waals surface area contributed by atoms with Crippen molar-refractivity contribution in [1.82, 2.24) is 4.90 Å². The van der Waals surface area contributed by atoms with Gasteiger partial charge in [0.15, 0.2) is 0 Å². The third-order valence-electron chi connectivity index (χ3n) is 3.24. The van der Waals surface area contributed by atoms with Gasteiger partial charge < -0.3 is 19.8 Å². The van der Waals surface area contributed by atoms with Crippen molar-refractivity contribution < 1.29 is 13.9 Å². The molecule has 0 aliphatic carbocycles. The minimum Gasteiger partial charge on any atom is -0.493 e. The average molecular weight is 288 g/mol. The Hall–Kier alpha value is -2.43. The van der Waals surface area contributed by atoms with E-state index < -0.39 is 0 Å². The van der Waals surface area contributed by atoms with Crippen LogP contribution in [0.25, 0.3) is 0 Å². The predicted octanol–water partition coefficient (Wildman–Crippen LogP) is 2.60. The van der Waals surface area contributed by atoms with Gasteiger partial charge in [-0.25, -0.2) is 0 Å². The zero-order chi connectivity index (χ0) is 15.2. The molecule has 112 valence electrons. The first-order valence-corrected chi connectivity index (χ1v) is 6.81. The molecule has 0 fully saturated rings. The van der Waals surface area contributed by atoms with Crippen molar-refractivity contribution in [2.75, 3.05) is 19.4 Å². The number of rotatable bonds is 6. The van der Waals surface area contributed by atoms with Gasteiger partial charge in [-0.3, -0.25) is 4.79 Å². The molecule has 21 heavy (non-hydrogen) atoms. The van der Waals surface area contributed by atoms with Gasteiger partial charge in [0.2, 0.25) is 5.91 Å². The molecule has 2 N–H and O–H groups in total. The number of nitrogen functional groups attached to an aromatic ring is 1. The van der Waals surface area contributed by atoms with E-state index in [-0.39, 0.29) is 5.91 Å². The maximum atomic E-state index is 12.0. The number of furan rings is 1. The van der Waals surface area contributed by atoms with Gasteiger partial charge in [-0.15, -0.1) is 0 Å². The Kier molecular flexibility index (Phi) is 4.87. The van der Waals surface area contributed by atoms with Crippen LogP contribution >= 0.6 is 0 Å². The lowest BCUT2D eigenvalue weighted by atomic mass is 10.2. The summed E-state index contributed by atoms with van der Waals surface area (Å²) in [5.41, 5.74) is 7.33. The Morgan fingerprint density at radius 3 is 2.86 bits per heavy atom. The highest BCUT2D eigenvalue weighted by Crippen LogP contribution is 2.15. The predicted molar refractivity (Wildman–Crippen MR) is 80.9 cm³/mol. The number of nitrogens with two attached hydrogens (primary N) is 1. The molecule has 2 rings (SSSR count). The molecular weight excluding hydrogens is 268 g/mol. The van der Waals surface area contributed by atoms with Gasteiger partial charge in [-0.05, 0) is 25.1 Å². The second-order valence-electron chi connectivity index (χ2n) is 4.92. The molecule has 5 heteroatoms. The summed E-state index contributed by atoms with van der Waals surface area (Å²) in [7, 11) is 1.77. The number of anilines is 1. The van der Waals surface area contributed by atoms with E-state index in [9.17, 15) is 4.79 Å². The maximum absolute atomic E-state index is 12.0. The van der Waals surface area contributed by atoms with Gasteiger partial charge in [-0.2, -0.15) is 0 Å². The fourth-order valence-electron chi connectivity index (χ4n) is 1.97. The highest BCUT2D eigenvalue weighted by Gasteiger charge is 2.11. The van der Waals surface area contributed by atoms with Crippen LogP contribution in [0.4, 0.5) is 5.69 Å². The number of carbonyl (C=O) groups excluding carboxylic acids is 1. The van der Waals surface area contributed by atoms with Crippen LogP contribution in [-0.2, 0) is 11.3 Å². The Bertz CT molecular complexity index is 607. The Morgan fingerprint density at radius 2 is 2.19 bits per heavy atom. The van der Waals surface area contributed by atoms with Crippen LogP contribution in [0.3, 0.4) is 0 Å². The summed E-state index contributed by atoms with van der Waals surface area (Å²) in [6.07, 6.45) is 1.95. The van der Waals surface area contributed by atoms with Gasteiger partial charge in [0, 0.05) is 30.9 Å². The summed E-state index contributed by atoms with van der Waals surface area (Å²) >= 11 is 0. The molecule has 0 atom stereocenters. The fraction of sp³-hybridized carbons (Fsp3) is 0.312. The third-order valence-corrected chi connectivity index (χ3v) is 3.24. The Labute approximate surface area is 124 Å². The van der Waals surface area contributed by atoms with Crippen molar-refractivity contribution in [1.29, 1.82) is 0 Å². The van der Waals surface area contributed by atoms with Gasteiger partial charge in [0.05, 0.1) is 19.3 Å². The molecule has 1 aromatic heterocycles. The number of benzene rings is 1. The molecule has 0 radical (unpaired) electrons. The fourth-order valence-corrected chi connectivity index (χ4v) is 1.97. The number of ether oxygens (including phenoxy) is 1. The lowest BCUT2D eigenvalue weighted by Crippen LogP contribution is -2.27. The molecule has 0 aliphatic rings. The summed E-state index contributed by atoms with van der Waals surface area (Å²) in [4.78, 5) is 13.7. The van der Waals surface area contributed by atoms with Crippen molar-refractivity contribution >= 4 is 11.6 Å². The smallest absolute Gasteiger partial charge is 0.226 e. The monoisotopic (exact) mass is 288 g/mol. The van der Waals surface area contributed by atoms with E-state index in [1.165, 1.54) is 0 Å². The van der Waals surface area contributed by atoms with E-state index >= 15 is 0 Å². The van der Waals surface area contributed by atoms with Crippen LogP contribution < -0.4 is 10.5 Å². The van der Waals surface area contributed by atoms with Crippen LogP contribution in [-0.4, -0.2) is 24.5 Å². The van der Waals surface area contributed by atoms with E-state index in [1.807, 2.05) is 25.1 Å². The highest BCUT2D eigenvalue weighted by atomic mass is 16.5. The maximum Gasteiger partial charge on any atom is 0.226 e. The minimum absolute atomic E-state index is 0.0273. The second kappa shape index (κ2) is 6.83. The Balaban J connectivity index is 1.77. The first-order valence-electron chi connectivity index (χ1n) is 6.81. The van der Waals surface area contributed by atoms with Crippen molar-refractivity contribution in [3.63, 3.8) is 0 Å². The summed E-state index contributed by atoms with van der Waals surface area (Å²) in [6, 6.07) is 9.05. The standard InChI is InChI=1S/C16H20N2O3/c1-12-13(6-8-20-12)11-18(2)16(19)7-9-21-15-5-3-4-14(17)10-15/h3-6,8,10H,7,9,11,17H2,1-2H3. The van der Waals surface area contributed by atoms with E-state index in [0.29, 0.717) is 31.0 Å². The van der Waals surface area contributed by atoms with E-state index in [1.54, 1.807) is 30.3 Å². The van der Waals surface area contributed by atoms with E-state index in [0.717, 1.165) is 11.3 Å². The van der Waals surface area contributed by atoms with Crippen molar-refractivity contribution in [3.8, 4) is 5.75 Å². The number of aryl methyl sites for hydroxylation is 1. The quantitative estimate of drug-likeness (QED) is 0.830. The lowest BCUT2D eigenvalue weighted by Gasteiger charge is -2.17. The van der Waals surface area contributed by atoms with Crippen LogP contribution in [0.15, 0.2) is 41.0 Å². The molecule has 0 bridgehead atoms. The van der Waals surface area contributed by atoms with Gasteiger partial charge >= 0.3 is 0 Å². The van der Waals surface area contributed by atoms with Crippen molar-refractivity contribution in [2.24, 2.45) is 0 Å². The molecule has 1 heterocycles. The molecule has 1 amide bonds. The summed E-state index contributed by atoms with van der Waals surface area (Å²) in [5.74, 6) is 1.54. The van der Waals surface area contributed by atoms with Crippen LogP contribution in [0, 0.1) is 6.92 Å². The Morgan fingerprint density at radius 1 is 1.38 bits per heavy atom. The normalized spacial score (nSPS) is 10.4.